The lowest BCUT2D eigenvalue weighted by Gasteiger charge is -2.27. The van der Waals surface area contributed by atoms with Gasteiger partial charge in [0.2, 0.25) is 5.91 Å². The van der Waals surface area contributed by atoms with Crippen molar-refractivity contribution in [1.29, 1.82) is 0 Å². The number of rotatable bonds is 2. The molecule has 1 aliphatic heterocycles. The maximum absolute atomic E-state index is 12.2. The third-order valence-corrected chi connectivity index (χ3v) is 3.66. The van der Waals surface area contributed by atoms with Gasteiger partial charge in [-0.1, -0.05) is 30.3 Å². The molecule has 0 aromatic heterocycles. The van der Waals surface area contributed by atoms with Gasteiger partial charge >= 0.3 is 0 Å². The number of carbonyl (C=O) groups excluding carboxylic acids is 1. The van der Waals surface area contributed by atoms with Crippen molar-refractivity contribution in [3.63, 3.8) is 0 Å². The Balaban J connectivity index is 1.62. The highest BCUT2D eigenvalue weighted by molar-refractivity contribution is 5.83. The highest BCUT2D eigenvalue weighted by Gasteiger charge is 2.45. The average molecular weight is 231 g/mol. The molecule has 1 aromatic rings. The summed E-state index contributed by atoms with van der Waals surface area (Å²) in [6.45, 7) is 2.90. The van der Waals surface area contributed by atoms with E-state index in [4.69, 9.17) is 4.74 Å². The topological polar surface area (TPSA) is 29.5 Å². The molecular formula is C14H17NO2. The first kappa shape index (κ1) is 10.8. The molecule has 90 valence electrons. The zero-order chi connectivity index (χ0) is 11.7. The number of benzene rings is 1. The Hall–Kier alpha value is -1.35. The normalized spacial score (nSPS) is 27.9. The van der Waals surface area contributed by atoms with Crippen LogP contribution in [-0.2, 0) is 9.53 Å². The predicted octanol–water partition coefficient (Wildman–Crippen LogP) is 1.65. The van der Waals surface area contributed by atoms with E-state index in [2.05, 4.69) is 12.1 Å². The van der Waals surface area contributed by atoms with Crippen LogP contribution in [0.3, 0.4) is 0 Å². The Kier molecular flexibility index (Phi) is 2.85. The Morgan fingerprint density at radius 1 is 1.18 bits per heavy atom. The van der Waals surface area contributed by atoms with Crippen molar-refractivity contribution in [3.05, 3.63) is 35.9 Å². The summed E-state index contributed by atoms with van der Waals surface area (Å²) in [7, 11) is 0. The summed E-state index contributed by atoms with van der Waals surface area (Å²) in [5.74, 6) is 0.990. The van der Waals surface area contributed by atoms with E-state index in [1.54, 1.807) is 0 Å². The monoisotopic (exact) mass is 231 g/mol. The van der Waals surface area contributed by atoms with E-state index in [1.165, 1.54) is 5.56 Å². The van der Waals surface area contributed by atoms with Gasteiger partial charge in [-0.3, -0.25) is 4.79 Å². The van der Waals surface area contributed by atoms with Gasteiger partial charge < -0.3 is 9.64 Å². The standard InChI is InChI=1S/C14H17NO2/c16-14(15-6-8-17-9-7-15)13-10-12(13)11-4-2-1-3-5-11/h1-5,12-13H,6-10H2/t12-,13-/m0/s1. The molecule has 1 saturated carbocycles. The van der Waals surface area contributed by atoms with E-state index in [0.29, 0.717) is 25.0 Å². The van der Waals surface area contributed by atoms with Crippen LogP contribution in [0.15, 0.2) is 30.3 Å². The molecule has 2 atom stereocenters. The summed E-state index contributed by atoms with van der Waals surface area (Å²) < 4.78 is 5.27. The van der Waals surface area contributed by atoms with E-state index in [9.17, 15) is 4.79 Å². The highest BCUT2D eigenvalue weighted by Crippen LogP contribution is 2.48. The van der Waals surface area contributed by atoms with Crippen molar-refractivity contribution in [2.24, 2.45) is 5.92 Å². The van der Waals surface area contributed by atoms with Crippen molar-refractivity contribution in [2.45, 2.75) is 12.3 Å². The van der Waals surface area contributed by atoms with Crippen LogP contribution in [-0.4, -0.2) is 37.1 Å². The summed E-state index contributed by atoms with van der Waals surface area (Å²) in [6.07, 6.45) is 1.01. The third kappa shape index (κ3) is 2.20. The quantitative estimate of drug-likeness (QED) is 0.774. The van der Waals surface area contributed by atoms with Crippen LogP contribution >= 0.6 is 0 Å². The Labute approximate surface area is 101 Å². The highest BCUT2D eigenvalue weighted by atomic mass is 16.5. The number of hydrogen-bond donors (Lipinski definition) is 0. The van der Waals surface area contributed by atoms with Gasteiger partial charge in [-0.25, -0.2) is 0 Å². The second kappa shape index (κ2) is 4.49. The molecule has 0 radical (unpaired) electrons. The molecule has 1 heterocycles. The fourth-order valence-electron chi connectivity index (χ4n) is 2.55. The molecule has 0 bridgehead atoms. The van der Waals surface area contributed by atoms with Gasteiger partial charge in [0, 0.05) is 19.0 Å². The van der Waals surface area contributed by atoms with E-state index >= 15 is 0 Å². The van der Waals surface area contributed by atoms with Crippen molar-refractivity contribution in [2.75, 3.05) is 26.3 Å². The van der Waals surface area contributed by atoms with Gasteiger partial charge in [-0.15, -0.1) is 0 Å². The number of ether oxygens (including phenoxy) is 1. The molecule has 2 fully saturated rings. The molecule has 1 amide bonds. The van der Waals surface area contributed by atoms with Crippen LogP contribution in [0.1, 0.15) is 17.9 Å². The molecule has 3 heteroatoms. The molecular weight excluding hydrogens is 214 g/mol. The minimum Gasteiger partial charge on any atom is -0.378 e. The lowest BCUT2D eigenvalue weighted by Crippen LogP contribution is -2.41. The van der Waals surface area contributed by atoms with Gasteiger partial charge in [0.15, 0.2) is 0 Å². The summed E-state index contributed by atoms with van der Waals surface area (Å²) >= 11 is 0. The first-order valence-electron chi connectivity index (χ1n) is 6.28. The maximum Gasteiger partial charge on any atom is 0.226 e. The van der Waals surface area contributed by atoms with Crippen LogP contribution in [0.5, 0.6) is 0 Å². The van der Waals surface area contributed by atoms with E-state index in [0.717, 1.165) is 19.5 Å². The first-order valence-corrected chi connectivity index (χ1v) is 6.28. The number of amides is 1. The Morgan fingerprint density at radius 3 is 2.59 bits per heavy atom. The van der Waals surface area contributed by atoms with Gasteiger partial charge in [0.05, 0.1) is 13.2 Å². The van der Waals surface area contributed by atoms with Crippen LogP contribution in [0, 0.1) is 5.92 Å². The SMILES string of the molecule is O=C([C@H]1C[C@H]1c1ccccc1)N1CCOCC1. The van der Waals surface area contributed by atoms with Gasteiger partial charge in [-0.05, 0) is 17.9 Å². The molecule has 2 aliphatic rings. The van der Waals surface area contributed by atoms with Gasteiger partial charge in [0.1, 0.15) is 0 Å². The molecule has 0 spiro atoms. The Morgan fingerprint density at radius 2 is 1.88 bits per heavy atom. The van der Waals surface area contributed by atoms with Gasteiger partial charge in [-0.2, -0.15) is 0 Å². The summed E-state index contributed by atoms with van der Waals surface area (Å²) in [4.78, 5) is 14.2. The van der Waals surface area contributed by atoms with Crippen molar-refractivity contribution < 1.29 is 9.53 Å². The van der Waals surface area contributed by atoms with E-state index in [1.807, 2.05) is 23.1 Å². The number of hydrogen-bond acceptors (Lipinski definition) is 2. The number of morpholine rings is 1. The summed E-state index contributed by atoms with van der Waals surface area (Å²) in [5.41, 5.74) is 1.30. The molecule has 3 nitrogen and oxygen atoms in total. The third-order valence-electron chi connectivity index (χ3n) is 3.66. The smallest absolute Gasteiger partial charge is 0.226 e. The molecule has 1 aromatic carbocycles. The van der Waals surface area contributed by atoms with E-state index < -0.39 is 0 Å². The summed E-state index contributed by atoms with van der Waals surface area (Å²) in [6, 6.07) is 10.4. The van der Waals surface area contributed by atoms with Crippen LogP contribution in [0.25, 0.3) is 0 Å². The number of carbonyl (C=O) groups is 1. The van der Waals surface area contributed by atoms with Crippen molar-refractivity contribution in [1.82, 2.24) is 4.90 Å². The van der Waals surface area contributed by atoms with Gasteiger partial charge in [0.25, 0.3) is 0 Å². The minimum absolute atomic E-state index is 0.218. The average Bonchev–Trinajstić information content (AvgIpc) is 3.20. The minimum atomic E-state index is 0.218. The zero-order valence-electron chi connectivity index (χ0n) is 9.84. The fourth-order valence-corrected chi connectivity index (χ4v) is 2.55. The predicted molar refractivity (Wildman–Crippen MR) is 64.7 cm³/mol. The largest absolute Gasteiger partial charge is 0.378 e. The second-order valence-corrected chi connectivity index (χ2v) is 4.80. The molecule has 17 heavy (non-hydrogen) atoms. The van der Waals surface area contributed by atoms with Crippen molar-refractivity contribution >= 4 is 5.91 Å². The van der Waals surface area contributed by atoms with Crippen LogP contribution in [0.2, 0.25) is 0 Å². The van der Waals surface area contributed by atoms with E-state index in [-0.39, 0.29) is 5.92 Å². The molecule has 0 N–H and O–H groups in total. The van der Waals surface area contributed by atoms with Crippen molar-refractivity contribution in [3.8, 4) is 0 Å². The fraction of sp³-hybridized carbons (Fsp3) is 0.500. The first-order chi connectivity index (χ1) is 8.36. The Bertz CT molecular complexity index is 398. The maximum atomic E-state index is 12.2. The van der Waals surface area contributed by atoms with Crippen LogP contribution < -0.4 is 0 Å². The lowest BCUT2D eigenvalue weighted by molar-refractivity contribution is -0.136. The molecule has 1 aliphatic carbocycles. The zero-order valence-corrected chi connectivity index (χ0v) is 9.84. The lowest BCUT2D eigenvalue weighted by atomic mass is 10.1. The summed E-state index contributed by atoms with van der Waals surface area (Å²) in [5, 5.41) is 0. The molecule has 3 rings (SSSR count). The van der Waals surface area contributed by atoms with Crippen LogP contribution in [0.4, 0.5) is 0 Å². The second-order valence-electron chi connectivity index (χ2n) is 4.80. The molecule has 0 unspecified atom stereocenters. The molecule has 1 saturated heterocycles. The number of nitrogens with zero attached hydrogens (tertiary/aromatic N) is 1.